The molecule has 0 saturated carbocycles. The van der Waals surface area contributed by atoms with Crippen LogP contribution in [-0.4, -0.2) is 36.6 Å². The zero-order valence-electron chi connectivity index (χ0n) is 12.9. The van der Waals surface area contributed by atoms with Crippen molar-refractivity contribution >= 4 is 0 Å². The number of fused-ring (bicyclic) bond motifs is 1. The summed E-state index contributed by atoms with van der Waals surface area (Å²) < 4.78 is 0. The molecule has 1 aromatic carbocycles. The van der Waals surface area contributed by atoms with Gasteiger partial charge in [-0.25, -0.2) is 0 Å². The van der Waals surface area contributed by atoms with Crippen LogP contribution in [0.4, 0.5) is 0 Å². The lowest BCUT2D eigenvalue weighted by molar-refractivity contribution is 0.120. The van der Waals surface area contributed by atoms with E-state index in [2.05, 4.69) is 48.3 Å². The summed E-state index contributed by atoms with van der Waals surface area (Å²) in [6.07, 6.45) is 5.20. The normalized spacial score (nSPS) is 20.8. The van der Waals surface area contributed by atoms with Crippen molar-refractivity contribution in [3.05, 3.63) is 35.4 Å². The van der Waals surface area contributed by atoms with Gasteiger partial charge in [0.1, 0.15) is 0 Å². The van der Waals surface area contributed by atoms with Gasteiger partial charge in [-0.3, -0.25) is 4.90 Å². The highest BCUT2D eigenvalue weighted by Gasteiger charge is 2.30. The van der Waals surface area contributed by atoms with Crippen LogP contribution in [0.3, 0.4) is 0 Å². The van der Waals surface area contributed by atoms with Gasteiger partial charge in [-0.05, 0) is 69.7 Å². The molecule has 0 bridgehead atoms. The second-order valence-corrected chi connectivity index (χ2v) is 6.81. The molecule has 0 radical (unpaired) electrons. The molecule has 1 aliphatic heterocycles. The Hall–Kier alpha value is -0.860. The van der Waals surface area contributed by atoms with E-state index >= 15 is 0 Å². The minimum atomic E-state index is 0.657. The van der Waals surface area contributed by atoms with Gasteiger partial charge in [0, 0.05) is 18.6 Å². The molecule has 0 aromatic heterocycles. The van der Waals surface area contributed by atoms with Crippen molar-refractivity contribution < 1.29 is 0 Å². The first-order chi connectivity index (χ1) is 9.74. The van der Waals surface area contributed by atoms with Gasteiger partial charge in [-0.15, -0.1) is 0 Å². The molecular formula is C18H28N2. The summed E-state index contributed by atoms with van der Waals surface area (Å²) in [7, 11) is 0. The van der Waals surface area contributed by atoms with Gasteiger partial charge in [-0.2, -0.15) is 0 Å². The third-order valence-electron chi connectivity index (χ3n) is 5.09. The molecule has 0 spiro atoms. The highest BCUT2D eigenvalue weighted by Crippen LogP contribution is 2.28. The lowest BCUT2D eigenvalue weighted by Gasteiger charge is -2.37. The summed E-state index contributed by atoms with van der Waals surface area (Å²) in [5.41, 5.74) is 3.15. The molecule has 1 fully saturated rings. The zero-order chi connectivity index (χ0) is 13.9. The molecule has 2 nitrogen and oxygen atoms in total. The van der Waals surface area contributed by atoms with Crippen LogP contribution in [0.15, 0.2) is 24.3 Å². The maximum atomic E-state index is 3.48. The average Bonchev–Trinajstić information content (AvgIpc) is 2.89. The van der Waals surface area contributed by atoms with Gasteiger partial charge >= 0.3 is 0 Å². The fourth-order valence-corrected chi connectivity index (χ4v) is 3.91. The molecule has 110 valence electrons. The standard InChI is InChI=1S/C18H28N2/c1-14(2)20(13-15-7-9-19-10-8-15)18-11-16-5-3-4-6-17(16)12-18/h3-6,14-15,18-19H,7-13H2,1-2H3. The van der Waals surface area contributed by atoms with Crippen LogP contribution < -0.4 is 5.32 Å². The number of benzene rings is 1. The van der Waals surface area contributed by atoms with Crippen molar-refractivity contribution in [1.29, 1.82) is 0 Å². The monoisotopic (exact) mass is 272 g/mol. The number of piperidine rings is 1. The van der Waals surface area contributed by atoms with E-state index in [9.17, 15) is 0 Å². The molecule has 1 heterocycles. The molecule has 1 aromatic rings. The lowest BCUT2D eigenvalue weighted by atomic mass is 9.95. The molecule has 20 heavy (non-hydrogen) atoms. The molecule has 2 aliphatic rings. The van der Waals surface area contributed by atoms with Crippen LogP contribution in [0, 0.1) is 5.92 Å². The smallest absolute Gasteiger partial charge is 0.0179 e. The second-order valence-electron chi connectivity index (χ2n) is 6.81. The number of nitrogens with one attached hydrogen (secondary N) is 1. The Bertz CT molecular complexity index is 410. The fraction of sp³-hybridized carbons (Fsp3) is 0.667. The molecule has 1 aliphatic carbocycles. The van der Waals surface area contributed by atoms with Gasteiger partial charge in [0.25, 0.3) is 0 Å². The van der Waals surface area contributed by atoms with Gasteiger partial charge in [0.05, 0.1) is 0 Å². The molecule has 0 unspecified atom stereocenters. The van der Waals surface area contributed by atoms with Crippen LogP contribution in [0.1, 0.15) is 37.8 Å². The minimum Gasteiger partial charge on any atom is -0.317 e. The Labute approximate surface area is 123 Å². The average molecular weight is 272 g/mol. The molecular weight excluding hydrogens is 244 g/mol. The third-order valence-corrected chi connectivity index (χ3v) is 5.09. The van der Waals surface area contributed by atoms with Crippen LogP contribution >= 0.6 is 0 Å². The van der Waals surface area contributed by atoms with E-state index in [4.69, 9.17) is 0 Å². The highest BCUT2D eigenvalue weighted by atomic mass is 15.2. The summed E-state index contributed by atoms with van der Waals surface area (Å²) in [6, 6.07) is 10.4. The largest absolute Gasteiger partial charge is 0.317 e. The van der Waals surface area contributed by atoms with E-state index in [1.54, 1.807) is 11.1 Å². The van der Waals surface area contributed by atoms with Crippen molar-refractivity contribution in [2.24, 2.45) is 5.92 Å². The third kappa shape index (κ3) is 3.07. The summed E-state index contributed by atoms with van der Waals surface area (Å²) in [6.45, 7) is 8.44. The summed E-state index contributed by atoms with van der Waals surface area (Å²) in [5.74, 6) is 0.891. The molecule has 2 heteroatoms. The minimum absolute atomic E-state index is 0.657. The van der Waals surface area contributed by atoms with Crippen molar-refractivity contribution in [2.45, 2.75) is 51.6 Å². The molecule has 1 N–H and O–H groups in total. The van der Waals surface area contributed by atoms with Crippen molar-refractivity contribution in [2.75, 3.05) is 19.6 Å². The first-order valence-corrected chi connectivity index (χ1v) is 8.27. The van der Waals surface area contributed by atoms with Crippen molar-refractivity contribution in [1.82, 2.24) is 10.2 Å². The van der Waals surface area contributed by atoms with E-state index in [1.165, 1.54) is 45.3 Å². The van der Waals surface area contributed by atoms with Crippen LogP contribution in [0.2, 0.25) is 0 Å². The summed E-state index contributed by atoms with van der Waals surface area (Å²) in [5, 5.41) is 3.48. The Morgan fingerprint density at radius 1 is 1.10 bits per heavy atom. The first-order valence-electron chi connectivity index (χ1n) is 8.27. The number of nitrogens with zero attached hydrogens (tertiary/aromatic N) is 1. The van der Waals surface area contributed by atoms with E-state index in [0.717, 1.165) is 12.0 Å². The lowest BCUT2D eigenvalue weighted by Crippen LogP contribution is -2.45. The quantitative estimate of drug-likeness (QED) is 0.906. The summed E-state index contributed by atoms with van der Waals surface area (Å²) in [4.78, 5) is 2.77. The Morgan fingerprint density at radius 2 is 1.70 bits per heavy atom. The predicted octanol–water partition coefficient (Wildman–Crippen LogP) is 2.86. The van der Waals surface area contributed by atoms with Crippen LogP contribution in [-0.2, 0) is 12.8 Å². The van der Waals surface area contributed by atoms with E-state index in [0.29, 0.717) is 6.04 Å². The van der Waals surface area contributed by atoms with Gasteiger partial charge in [-0.1, -0.05) is 24.3 Å². The van der Waals surface area contributed by atoms with E-state index in [1.807, 2.05) is 0 Å². The van der Waals surface area contributed by atoms with E-state index < -0.39 is 0 Å². The molecule has 0 amide bonds. The summed E-state index contributed by atoms with van der Waals surface area (Å²) >= 11 is 0. The highest BCUT2D eigenvalue weighted by molar-refractivity contribution is 5.33. The Morgan fingerprint density at radius 3 is 2.25 bits per heavy atom. The molecule has 3 rings (SSSR count). The predicted molar refractivity (Wildman–Crippen MR) is 85.1 cm³/mol. The number of hydrogen-bond donors (Lipinski definition) is 1. The van der Waals surface area contributed by atoms with Gasteiger partial charge < -0.3 is 5.32 Å². The molecule has 0 atom stereocenters. The second kappa shape index (κ2) is 6.28. The number of hydrogen-bond acceptors (Lipinski definition) is 2. The maximum absolute atomic E-state index is 3.48. The van der Waals surface area contributed by atoms with Crippen LogP contribution in [0.5, 0.6) is 0 Å². The zero-order valence-corrected chi connectivity index (χ0v) is 12.9. The SMILES string of the molecule is CC(C)N(CC1CCNCC1)C1Cc2ccccc2C1. The molecule has 1 saturated heterocycles. The fourth-order valence-electron chi connectivity index (χ4n) is 3.91. The Balaban J connectivity index is 1.66. The van der Waals surface area contributed by atoms with Crippen molar-refractivity contribution in [3.8, 4) is 0 Å². The van der Waals surface area contributed by atoms with Crippen LogP contribution in [0.25, 0.3) is 0 Å². The number of rotatable bonds is 4. The van der Waals surface area contributed by atoms with E-state index in [-0.39, 0.29) is 0 Å². The Kier molecular flexibility index (Phi) is 4.42. The first kappa shape index (κ1) is 14.1. The topological polar surface area (TPSA) is 15.3 Å². The van der Waals surface area contributed by atoms with Gasteiger partial charge in [0.15, 0.2) is 0 Å². The van der Waals surface area contributed by atoms with Gasteiger partial charge in [0.2, 0.25) is 0 Å². The van der Waals surface area contributed by atoms with Crippen molar-refractivity contribution in [3.63, 3.8) is 0 Å². The maximum Gasteiger partial charge on any atom is 0.0179 e.